The van der Waals surface area contributed by atoms with Gasteiger partial charge in [0.1, 0.15) is 5.69 Å². The minimum absolute atomic E-state index is 0.0975. The van der Waals surface area contributed by atoms with E-state index in [1.807, 2.05) is 20.8 Å². The Bertz CT molecular complexity index is 808. The Morgan fingerprint density at radius 3 is 2.32 bits per heavy atom. The number of alkyl halides is 3. The van der Waals surface area contributed by atoms with Crippen molar-refractivity contribution in [3.63, 3.8) is 0 Å². The molecule has 25 heavy (non-hydrogen) atoms. The van der Waals surface area contributed by atoms with Gasteiger partial charge in [-0.15, -0.1) is 0 Å². The molecule has 1 N–H and O–H groups in total. The van der Waals surface area contributed by atoms with Gasteiger partial charge in [-0.05, 0) is 41.7 Å². The summed E-state index contributed by atoms with van der Waals surface area (Å²) >= 11 is 0. The highest BCUT2D eigenvalue weighted by molar-refractivity contribution is 6.03. The summed E-state index contributed by atoms with van der Waals surface area (Å²) in [5, 5.41) is 2.30. The molecule has 1 aromatic carbocycles. The largest absolute Gasteiger partial charge is 0.416 e. The number of halogens is 4. The molecule has 2 rings (SSSR count). The van der Waals surface area contributed by atoms with E-state index in [0.29, 0.717) is 11.6 Å². The van der Waals surface area contributed by atoms with Crippen LogP contribution in [0.4, 0.5) is 23.2 Å². The molecule has 134 valence electrons. The number of amides is 1. The average Bonchev–Trinajstić information content (AvgIpc) is 2.48. The average molecular weight is 354 g/mol. The lowest BCUT2D eigenvalue weighted by Gasteiger charge is -2.23. The number of rotatable bonds is 2. The van der Waals surface area contributed by atoms with E-state index in [9.17, 15) is 22.4 Å². The van der Waals surface area contributed by atoms with Crippen LogP contribution in [0.3, 0.4) is 0 Å². The van der Waals surface area contributed by atoms with Crippen LogP contribution in [0.2, 0.25) is 0 Å². The monoisotopic (exact) mass is 354 g/mol. The highest BCUT2D eigenvalue weighted by atomic mass is 19.4. The number of hydrogen-bond acceptors (Lipinski definition) is 2. The van der Waals surface area contributed by atoms with E-state index in [1.165, 1.54) is 6.07 Å². The highest BCUT2D eigenvalue weighted by Gasteiger charge is 2.31. The summed E-state index contributed by atoms with van der Waals surface area (Å²) in [5.74, 6) is -1.51. The van der Waals surface area contributed by atoms with E-state index in [1.54, 1.807) is 13.0 Å². The second-order valence-corrected chi connectivity index (χ2v) is 6.75. The first-order valence-corrected chi connectivity index (χ1v) is 7.55. The predicted octanol–water partition coefficient (Wildman–Crippen LogP) is 5.10. The number of anilines is 1. The lowest BCUT2D eigenvalue weighted by molar-refractivity contribution is -0.137. The maximum atomic E-state index is 14.8. The molecule has 0 aliphatic rings. The first-order valence-electron chi connectivity index (χ1n) is 7.55. The molecule has 0 fully saturated rings. The molecule has 3 nitrogen and oxygen atoms in total. The molecule has 0 atom stereocenters. The van der Waals surface area contributed by atoms with Crippen LogP contribution in [-0.4, -0.2) is 10.9 Å². The van der Waals surface area contributed by atoms with Crippen molar-refractivity contribution < 1.29 is 22.4 Å². The number of benzene rings is 1. The van der Waals surface area contributed by atoms with Gasteiger partial charge in [0.05, 0.1) is 11.3 Å². The zero-order valence-corrected chi connectivity index (χ0v) is 14.3. The maximum absolute atomic E-state index is 14.8. The second kappa shape index (κ2) is 6.46. The molecule has 0 aliphatic carbocycles. The van der Waals surface area contributed by atoms with E-state index < -0.39 is 34.6 Å². The fourth-order valence-corrected chi connectivity index (χ4v) is 2.61. The van der Waals surface area contributed by atoms with Gasteiger partial charge < -0.3 is 5.32 Å². The van der Waals surface area contributed by atoms with Crippen molar-refractivity contribution in [1.82, 2.24) is 4.98 Å². The third kappa shape index (κ3) is 4.15. The zero-order chi connectivity index (χ0) is 19.0. The molecule has 0 bridgehead atoms. The van der Waals surface area contributed by atoms with Crippen LogP contribution in [0.5, 0.6) is 0 Å². The summed E-state index contributed by atoms with van der Waals surface area (Å²) in [7, 11) is 0. The topological polar surface area (TPSA) is 42.0 Å². The molecule has 0 aliphatic heterocycles. The van der Waals surface area contributed by atoms with Gasteiger partial charge in [0.2, 0.25) is 0 Å². The lowest BCUT2D eigenvalue weighted by Crippen LogP contribution is -2.20. The van der Waals surface area contributed by atoms with Crippen molar-refractivity contribution in [2.24, 2.45) is 0 Å². The number of nitrogens with zero attached hydrogens (tertiary/aromatic N) is 1. The van der Waals surface area contributed by atoms with Crippen molar-refractivity contribution in [3.8, 4) is 0 Å². The summed E-state index contributed by atoms with van der Waals surface area (Å²) in [5.41, 5.74) is -0.870. The van der Waals surface area contributed by atoms with Crippen molar-refractivity contribution in [2.75, 3.05) is 5.32 Å². The minimum atomic E-state index is -4.59. The second-order valence-electron chi connectivity index (χ2n) is 6.75. The Morgan fingerprint density at radius 1 is 1.12 bits per heavy atom. The minimum Gasteiger partial charge on any atom is -0.318 e. The van der Waals surface area contributed by atoms with Gasteiger partial charge in [-0.3, -0.25) is 9.78 Å². The number of carbonyl (C=O) groups is 1. The molecule has 1 amide bonds. The first kappa shape index (κ1) is 18.9. The molecular formula is C18H18F4N2O. The molecule has 0 spiro atoms. The number of carbonyl (C=O) groups excluding carboxylic acids is 1. The maximum Gasteiger partial charge on any atom is 0.416 e. The zero-order valence-electron chi connectivity index (χ0n) is 14.3. The summed E-state index contributed by atoms with van der Waals surface area (Å²) in [4.78, 5) is 15.8. The van der Waals surface area contributed by atoms with Gasteiger partial charge in [-0.25, -0.2) is 4.39 Å². The van der Waals surface area contributed by atoms with Crippen LogP contribution in [0.1, 0.15) is 48.0 Å². The van der Waals surface area contributed by atoms with Crippen LogP contribution < -0.4 is 5.32 Å². The number of hydrogen-bond donors (Lipinski definition) is 1. The van der Waals surface area contributed by atoms with Gasteiger partial charge in [0, 0.05) is 6.20 Å². The van der Waals surface area contributed by atoms with Crippen LogP contribution in [0.25, 0.3) is 0 Å². The Labute approximate surface area is 143 Å². The van der Waals surface area contributed by atoms with E-state index in [4.69, 9.17) is 0 Å². The Morgan fingerprint density at radius 2 is 1.76 bits per heavy atom. The van der Waals surface area contributed by atoms with Crippen LogP contribution >= 0.6 is 0 Å². The molecule has 7 heteroatoms. The van der Waals surface area contributed by atoms with Gasteiger partial charge in [-0.1, -0.05) is 26.8 Å². The van der Waals surface area contributed by atoms with Crippen molar-refractivity contribution >= 4 is 11.6 Å². The Hall–Kier alpha value is -2.44. The molecule has 1 heterocycles. The number of aryl methyl sites for hydroxylation is 1. The summed E-state index contributed by atoms with van der Waals surface area (Å²) in [6.45, 7) is 7.25. The number of nitrogens with one attached hydrogen (secondary N) is 1. The van der Waals surface area contributed by atoms with Crippen LogP contribution in [0, 0.1) is 12.7 Å². The van der Waals surface area contributed by atoms with E-state index >= 15 is 0 Å². The molecular weight excluding hydrogens is 336 g/mol. The van der Waals surface area contributed by atoms with Crippen molar-refractivity contribution in [1.29, 1.82) is 0 Å². The molecule has 2 aromatic rings. The van der Waals surface area contributed by atoms with Gasteiger partial charge in [0.25, 0.3) is 5.91 Å². The van der Waals surface area contributed by atoms with Gasteiger partial charge >= 0.3 is 6.18 Å². The SMILES string of the molecule is Cc1ccc(NC(=O)c2cc(C(F)(F)F)ccn2)c(F)c1C(C)(C)C. The quantitative estimate of drug-likeness (QED) is 0.763. The van der Waals surface area contributed by atoms with Crippen LogP contribution in [0.15, 0.2) is 30.5 Å². The predicted molar refractivity (Wildman–Crippen MR) is 87.0 cm³/mol. The third-order valence-electron chi connectivity index (χ3n) is 3.67. The molecule has 1 aromatic heterocycles. The first-order chi connectivity index (χ1) is 11.4. The third-order valence-corrected chi connectivity index (χ3v) is 3.67. The van der Waals surface area contributed by atoms with E-state index in [-0.39, 0.29) is 5.69 Å². The Balaban J connectivity index is 2.37. The Kier molecular flexibility index (Phi) is 4.88. The van der Waals surface area contributed by atoms with Gasteiger partial charge in [-0.2, -0.15) is 13.2 Å². The fraction of sp³-hybridized carbons (Fsp3) is 0.333. The summed E-state index contributed by atoms with van der Waals surface area (Å²) < 4.78 is 53.0. The van der Waals surface area contributed by atoms with Crippen LogP contribution in [-0.2, 0) is 11.6 Å². The summed E-state index contributed by atoms with van der Waals surface area (Å²) in [6, 6.07) is 4.43. The molecule has 0 radical (unpaired) electrons. The van der Waals surface area contributed by atoms with Crippen molar-refractivity contribution in [3.05, 3.63) is 58.7 Å². The number of pyridine rings is 1. The fourth-order valence-electron chi connectivity index (χ4n) is 2.61. The highest BCUT2D eigenvalue weighted by Crippen LogP contribution is 2.32. The summed E-state index contributed by atoms with van der Waals surface area (Å²) in [6.07, 6.45) is -3.70. The van der Waals surface area contributed by atoms with E-state index in [2.05, 4.69) is 10.3 Å². The molecule has 0 unspecified atom stereocenters. The lowest BCUT2D eigenvalue weighted by atomic mass is 9.83. The smallest absolute Gasteiger partial charge is 0.318 e. The molecule has 0 saturated heterocycles. The van der Waals surface area contributed by atoms with Crippen molar-refractivity contribution in [2.45, 2.75) is 39.3 Å². The number of aromatic nitrogens is 1. The van der Waals surface area contributed by atoms with Gasteiger partial charge in [0.15, 0.2) is 5.82 Å². The molecule has 0 saturated carbocycles. The standard InChI is InChI=1S/C18H18F4N2O/c1-10-5-6-12(15(19)14(10)17(2,3)4)24-16(25)13-9-11(7-8-23-13)18(20,21)22/h5-9H,1-4H3,(H,24,25). The van der Waals surface area contributed by atoms with E-state index in [0.717, 1.165) is 17.8 Å². The normalized spacial score (nSPS) is 12.2.